The Labute approximate surface area is 161 Å². The fourth-order valence-electron chi connectivity index (χ4n) is 3.35. The molecule has 0 aliphatic heterocycles. The first-order valence-corrected chi connectivity index (χ1v) is 10.8. The largest absolute Gasteiger partial charge is 0.355 e. The van der Waals surface area contributed by atoms with Crippen molar-refractivity contribution in [2.24, 2.45) is 0 Å². The van der Waals surface area contributed by atoms with Gasteiger partial charge in [0.05, 0.1) is 10.3 Å². The number of rotatable bonds is 7. The molecule has 144 valence electrons. The Hall–Kier alpha value is -2.34. The van der Waals surface area contributed by atoms with Crippen LogP contribution in [0.4, 0.5) is 5.69 Å². The van der Waals surface area contributed by atoms with E-state index in [4.69, 9.17) is 0 Å². The summed E-state index contributed by atoms with van der Waals surface area (Å²) in [6, 6.07) is 12.4. The highest BCUT2D eigenvalue weighted by atomic mass is 32.2. The van der Waals surface area contributed by atoms with Gasteiger partial charge in [-0.15, -0.1) is 0 Å². The van der Waals surface area contributed by atoms with Gasteiger partial charge in [-0.2, -0.15) is 0 Å². The van der Waals surface area contributed by atoms with E-state index < -0.39 is 15.4 Å². The minimum absolute atomic E-state index is 0.0629. The molecule has 5 nitrogen and oxygen atoms in total. The molecule has 2 aromatic rings. The molecule has 0 saturated heterocycles. The van der Waals surface area contributed by atoms with Gasteiger partial charge in [-0.3, -0.25) is 9.52 Å². The van der Waals surface area contributed by atoms with Gasteiger partial charge in [0.25, 0.3) is 10.0 Å². The molecule has 0 spiro atoms. The summed E-state index contributed by atoms with van der Waals surface area (Å²) in [4.78, 5) is 12.7. The smallest absolute Gasteiger partial charge is 0.262 e. The van der Waals surface area contributed by atoms with Crippen LogP contribution >= 0.6 is 0 Å². The van der Waals surface area contributed by atoms with Gasteiger partial charge in [0.1, 0.15) is 0 Å². The zero-order valence-electron chi connectivity index (χ0n) is 16.0. The normalized spacial score (nSPS) is 15.2. The summed E-state index contributed by atoms with van der Waals surface area (Å²) in [6.07, 6.45) is 2.56. The molecule has 0 heterocycles. The molecule has 1 fully saturated rings. The second-order valence-electron chi connectivity index (χ2n) is 7.29. The molecule has 6 heteroatoms. The van der Waals surface area contributed by atoms with Gasteiger partial charge in [0, 0.05) is 12.2 Å². The Balaban J connectivity index is 1.77. The third-order valence-corrected chi connectivity index (χ3v) is 6.57. The molecule has 1 aliphatic rings. The number of sulfonamides is 1. The molecule has 0 unspecified atom stereocenters. The predicted octanol–water partition coefficient (Wildman–Crippen LogP) is 3.66. The van der Waals surface area contributed by atoms with Crippen LogP contribution in [0.5, 0.6) is 0 Å². The van der Waals surface area contributed by atoms with Crippen molar-refractivity contribution in [2.75, 3.05) is 11.3 Å². The lowest BCUT2D eigenvalue weighted by Crippen LogP contribution is -2.35. The number of hydrogen-bond donors (Lipinski definition) is 2. The summed E-state index contributed by atoms with van der Waals surface area (Å²) in [7, 11) is -3.65. The van der Waals surface area contributed by atoms with Gasteiger partial charge in [-0.1, -0.05) is 36.8 Å². The highest BCUT2D eigenvalue weighted by Crippen LogP contribution is 2.48. The second kappa shape index (κ2) is 7.35. The average molecular weight is 387 g/mol. The minimum Gasteiger partial charge on any atom is -0.355 e. The van der Waals surface area contributed by atoms with Crippen LogP contribution in [-0.2, 0) is 20.2 Å². The molecule has 0 bridgehead atoms. The SMILES string of the molecule is CCCNC(=O)C1(c2ccc(NS(=O)(=O)c3ccc(C)cc3C)cc2)CC1. The third-order valence-electron chi connectivity index (χ3n) is 5.03. The van der Waals surface area contributed by atoms with Crippen molar-refractivity contribution in [3.05, 3.63) is 59.2 Å². The Bertz CT molecular complexity index is 946. The van der Waals surface area contributed by atoms with Crippen molar-refractivity contribution in [1.82, 2.24) is 5.32 Å². The quantitative estimate of drug-likeness (QED) is 0.762. The minimum atomic E-state index is -3.65. The standard InChI is InChI=1S/C21H26N2O3S/c1-4-13-22-20(24)21(11-12-21)17-6-8-18(9-7-17)23-27(25,26)19-10-5-15(2)14-16(19)3/h5-10,14,23H,4,11-13H2,1-3H3,(H,22,24). The lowest BCUT2D eigenvalue weighted by molar-refractivity contribution is -0.123. The molecule has 1 amide bonds. The molecule has 2 N–H and O–H groups in total. The fraction of sp³-hybridized carbons (Fsp3) is 0.381. The van der Waals surface area contributed by atoms with Gasteiger partial charge < -0.3 is 5.32 Å². The summed E-state index contributed by atoms with van der Waals surface area (Å²) in [5.74, 6) is 0.0629. The first-order chi connectivity index (χ1) is 12.8. The number of carbonyl (C=O) groups excluding carboxylic acids is 1. The van der Waals surface area contributed by atoms with Gasteiger partial charge in [0.2, 0.25) is 5.91 Å². The molecule has 3 rings (SSSR count). The monoisotopic (exact) mass is 386 g/mol. The topological polar surface area (TPSA) is 75.3 Å². The van der Waals surface area contributed by atoms with Crippen molar-refractivity contribution in [1.29, 1.82) is 0 Å². The predicted molar refractivity (Wildman–Crippen MR) is 107 cm³/mol. The van der Waals surface area contributed by atoms with Crippen LogP contribution in [0.3, 0.4) is 0 Å². The van der Waals surface area contributed by atoms with E-state index in [-0.39, 0.29) is 10.8 Å². The molecular formula is C21H26N2O3S. The van der Waals surface area contributed by atoms with E-state index in [1.54, 1.807) is 31.2 Å². The fourth-order valence-corrected chi connectivity index (χ4v) is 4.63. The van der Waals surface area contributed by atoms with E-state index in [1.807, 2.05) is 32.0 Å². The molecule has 0 aromatic heterocycles. The maximum absolute atomic E-state index is 12.7. The van der Waals surface area contributed by atoms with Crippen LogP contribution in [0.15, 0.2) is 47.4 Å². The van der Waals surface area contributed by atoms with Crippen LogP contribution in [0.2, 0.25) is 0 Å². The van der Waals surface area contributed by atoms with Crippen molar-refractivity contribution < 1.29 is 13.2 Å². The third kappa shape index (κ3) is 4.00. The first-order valence-electron chi connectivity index (χ1n) is 9.27. The van der Waals surface area contributed by atoms with E-state index >= 15 is 0 Å². The average Bonchev–Trinajstić information content (AvgIpc) is 3.41. The number of carbonyl (C=O) groups is 1. The second-order valence-corrected chi connectivity index (χ2v) is 8.94. The number of nitrogens with one attached hydrogen (secondary N) is 2. The lowest BCUT2D eigenvalue weighted by atomic mass is 9.95. The Morgan fingerprint density at radius 1 is 1.07 bits per heavy atom. The van der Waals surface area contributed by atoms with Crippen LogP contribution in [-0.4, -0.2) is 20.9 Å². The van der Waals surface area contributed by atoms with Crippen LogP contribution in [0.25, 0.3) is 0 Å². The molecular weight excluding hydrogens is 360 g/mol. The Morgan fingerprint density at radius 2 is 1.74 bits per heavy atom. The lowest BCUT2D eigenvalue weighted by Gasteiger charge is -2.16. The van der Waals surface area contributed by atoms with Crippen molar-refractivity contribution in [3.63, 3.8) is 0 Å². The van der Waals surface area contributed by atoms with Crippen LogP contribution in [0.1, 0.15) is 42.9 Å². The van der Waals surface area contributed by atoms with Crippen molar-refractivity contribution in [3.8, 4) is 0 Å². The number of hydrogen-bond acceptors (Lipinski definition) is 3. The van der Waals surface area contributed by atoms with E-state index in [9.17, 15) is 13.2 Å². The zero-order valence-corrected chi connectivity index (χ0v) is 16.8. The maximum Gasteiger partial charge on any atom is 0.262 e. The van der Waals surface area contributed by atoms with Gasteiger partial charge >= 0.3 is 0 Å². The molecule has 2 aromatic carbocycles. The molecule has 1 saturated carbocycles. The Morgan fingerprint density at radius 3 is 2.30 bits per heavy atom. The number of amides is 1. The van der Waals surface area contributed by atoms with E-state index in [1.165, 1.54) is 0 Å². The van der Waals surface area contributed by atoms with E-state index in [0.29, 0.717) is 17.8 Å². The number of anilines is 1. The van der Waals surface area contributed by atoms with E-state index in [2.05, 4.69) is 10.0 Å². The van der Waals surface area contributed by atoms with Crippen LogP contribution in [0, 0.1) is 13.8 Å². The molecule has 27 heavy (non-hydrogen) atoms. The summed E-state index contributed by atoms with van der Waals surface area (Å²) in [5.41, 5.74) is 2.71. The maximum atomic E-state index is 12.7. The summed E-state index contributed by atoms with van der Waals surface area (Å²) in [6.45, 7) is 6.42. The molecule has 0 atom stereocenters. The molecule has 1 aliphatic carbocycles. The zero-order chi connectivity index (χ0) is 19.7. The van der Waals surface area contributed by atoms with Crippen molar-refractivity contribution in [2.45, 2.75) is 50.3 Å². The number of benzene rings is 2. The van der Waals surface area contributed by atoms with E-state index in [0.717, 1.165) is 30.4 Å². The molecule has 0 radical (unpaired) electrons. The summed E-state index contributed by atoms with van der Waals surface area (Å²) in [5, 5.41) is 2.97. The van der Waals surface area contributed by atoms with Gasteiger partial charge in [-0.05, 0) is 62.4 Å². The van der Waals surface area contributed by atoms with Gasteiger partial charge in [-0.25, -0.2) is 8.42 Å². The summed E-state index contributed by atoms with van der Waals surface area (Å²) < 4.78 is 28.0. The number of aryl methyl sites for hydroxylation is 2. The first kappa shape index (κ1) is 19.4. The Kier molecular flexibility index (Phi) is 5.29. The summed E-state index contributed by atoms with van der Waals surface area (Å²) >= 11 is 0. The highest BCUT2D eigenvalue weighted by molar-refractivity contribution is 7.92. The highest BCUT2D eigenvalue weighted by Gasteiger charge is 2.50. The van der Waals surface area contributed by atoms with Crippen LogP contribution < -0.4 is 10.0 Å². The van der Waals surface area contributed by atoms with Crippen molar-refractivity contribution >= 4 is 21.6 Å². The van der Waals surface area contributed by atoms with Gasteiger partial charge in [0.15, 0.2) is 0 Å².